The van der Waals surface area contributed by atoms with E-state index < -0.39 is 5.97 Å². The van der Waals surface area contributed by atoms with Crippen molar-refractivity contribution in [2.45, 2.75) is 19.1 Å². The zero-order chi connectivity index (χ0) is 11.4. The normalized spacial score (nSPS) is 27.6. The van der Waals surface area contributed by atoms with Crippen LogP contribution in [-0.2, 0) is 9.53 Å². The number of carboxylic acids is 1. The van der Waals surface area contributed by atoms with Gasteiger partial charge in [0.2, 0.25) is 0 Å². The van der Waals surface area contributed by atoms with Gasteiger partial charge in [-0.3, -0.25) is 4.90 Å². The van der Waals surface area contributed by atoms with Crippen molar-refractivity contribution in [3.63, 3.8) is 0 Å². The predicted octanol–water partition coefficient (Wildman–Crippen LogP) is -0.291. The van der Waals surface area contributed by atoms with E-state index in [0.717, 1.165) is 0 Å². The number of hydrogen-bond acceptors (Lipinski definition) is 4. The van der Waals surface area contributed by atoms with Crippen LogP contribution in [0.15, 0.2) is 12.2 Å². The van der Waals surface area contributed by atoms with Crippen molar-refractivity contribution in [2.24, 2.45) is 0 Å². The third-order valence-electron chi connectivity index (χ3n) is 2.53. The summed E-state index contributed by atoms with van der Waals surface area (Å²) in [6.45, 7) is 6.78. The molecule has 0 aromatic rings. The molecule has 0 bridgehead atoms. The van der Waals surface area contributed by atoms with Gasteiger partial charge in [-0.15, -0.1) is 0 Å². The van der Waals surface area contributed by atoms with Crippen LogP contribution in [0.1, 0.15) is 6.92 Å². The molecule has 0 aromatic heterocycles. The van der Waals surface area contributed by atoms with Crippen LogP contribution in [0.25, 0.3) is 0 Å². The van der Waals surface area contributed by atoms with E-state index in [1.54, 1.807) is 0 Å². The van der Waals surface area contributed by atoms with Crippen LogP contribution in [0.5, 0.6) is 0 Å². The highest BCUT2D eigenvalue weighted by molar-refractivity contribution is 5.86. The molecule has 1 saturated heterocycles. The summed E-state index contributed by atoms with van der Waals surface area (Å²) in [7, 11) is 0. The van der Waals surface area contributed by atoms with Crippen molar-refractivity contribution in [1.29, 1.82) is 0 Å². The van der Waals surface area contributed by atoms with E-state index in [4.69, 9.17) is 14.9 Å². The molecule has 1 heterocycles. The fourth-order valence-electron chi connectivity index (χ4n) is 1.52. The van der Waals surface area contributed by atoms with Crippen LogP contribution >= 0.6 is 0 Å². The van der Waals surface area contributed by atoms with Gasteiger partial charge in [-0.25, -0.2) is 4.79 Å². The van der Waals surface area contributed by atoms with Crippen LogP contribution in [0.2, 0.25) is 0 Å². The molecule has 1 aliphatic rings. The SMILES string of the molecule is C=C(CN1CC(CO)OCC1C)C(=O)O. The summed E-state index contributed by atoms with van der Waals surface area (Å²) in [4.78, 5) is 12.6. The molecule has 2 N–H and O–H groups in total. The van der Waals surface area contributed by atoms with Gasteiger partial charge in [-0.05, 0) is 6.92 Å². The number of carbonyl (C=O) groups is 1. The molecular formula is C10H17NO4. The molecule has 15 heavy (non-hydrogen) atoms. The van der Waals surface area contributed by atoms with Crippen molar-refractivity contribution in [3.8, 4) is 0 Å². The molecule has 0 saturated carbocycles. The summed E-state index contributed by atoms with van der Waals surface area (Å²) in [5, 5.41) is 17.7. The van der Waals surface area contributed by atoms with E-state index in [2.05, 4.69) is 6.58 Å². The van der Waals surface area contributed by atoms with Crippen LogP contribution in [0.4, 0.5) is 0 Å². The number of rotatable bonds is 4. The van der Waals surface area contributed by atoms with E-state index in [0.29, 0.717) is 19.7 Å². The first-order chi connectivity index (χ1) is 7.04. The highest BCUT2D eigenvalue weighted by Crippen LogP contribution is 2.12. The summed E-state index contributed by atoms with van der Waals surface area (Å²) in [6.07, 6.45) is -0.220. The van der Waals surface area contributed by atoms with E-state index in [1.165, 1.54) is 0 Å². The Morgan fingerprint density at radius 3 is 2.87 bits per heavy atom. The van der Waals surface area contributed by atoms with Crippen LogP contribution in [-0.4, -0.2) is 59.5 Å². The highest BCUT2D eigenvalue weighted by atomic mass is 16.5. The molecule has 5 nitrogen and oxygen atoms in total. The van der Waals surface area contributed by atoms with Crippen molar-refractivity contribution < 1.29 is 19.7 Å². The minimum Gasteiger partial charge on any atom is -0.478 e. The average Bonchev–Trinajstić information content (AvgIpc) is 2.21. The smallest absolute Gasteiger partial charge is 0.332 e. The van der Waals surface area contributed by atoms with Crippen LogP contribution in [0, 0.1) is 0 Å². The average molecular weight is 215 g/mol. The maximum atomic E-state index is 10.6. The van der Waals surface area contributed by atoms with Gasteiger partial charge in [0, 0.05) is 24.7 Å². The lowest BCUT2D eigenvalue weighted by molar-refractivity contribution is -0.133. The number of aliphatic hydroxyl groups excluding tert-OH is 1. The monoisotopic (exact) mass is 215 g/mol. The first-order valence-electron chi connectivity index (χ1n) is 4.92. The minimum atomic E-state index is -0.978. The number of carboxylic acid groups (broad SMARTS) is 1. The Hall–Kier alpha value is -0.910. The van der Waals surface area contributed by atoms with Gasteiger partial charge >= 0.3 is 5.97 Å². The molecule has 0 radical (unpaired) electrons. The van der Waals surface area contributed by atoms with Gasteiger partial charge in [0.15, 0.2) is 0 Å². The Morgan fingerprint density at radius 2 is 2.33 bits per heavy atom. The molecular weight excluding hydrogens is 198 g/mol. The number of ether oxygens (including phenoxy) is 1. The maximum absolute atomic E-state index is 10.6. The largest absolute Gasteiger partial charge is 0.478 e. The molecule has 1 aliphatic heterocycles. The van der Waals surface area contributed by atoms with E-state index >= 15 is 0 Å². The van der Waals surface area contributed by atoms with Crippen molar-refractivity contribution in [2.75, 3.05) is 26.3 Å². The summed E-state index contributed by atoms with van der Waals surface area (Å²) < 4.78 is 5.34. The zero-order valence-electron chi connectivity index (χ0n) is 8.85. The van der Waals surface area contributed by atoms with Gasteiger partial charge in [-0.2, -0.15) is 0 Å². The molecule has 1 rings (SSSR count). The lowest BCUT2D eigenvalue weighted by Gasteiger charge is -2.37. The van der Waals surface area contributed by atoms with Gasteiger partial charge in [0.05, 0.1) is 19.3 Å². The quantitative estimate of drug-likeness (QED) is 0.631. The molecule has 5 heteroatoms. The fraction of sp³-hybridized carbons (Fsp3) is 0.700. The number of morpholine rings is 1. The Morgan fingerprint density at radius 1 is 1.67 bits per heavy atom. The van der Waals surface area contributed by atoms with Gasteiger partial charge in [-0.1, -0.05) is 6.58 Å². The van der Waals surface area contributed by atoms with Gasteiger partial charge in [0.1, 0.15) is 0 Å². The summed E-state index contributed by atoms with van der Waals surface area (Å²) in [5.74, 6) is -0.978. The molecule has 0 aliphatic carbocycles. The molecule has 0 aromatic carbocycles. The predicted molar refractivity (Wildman–Crippen MR) is 54.6 cm³/mol. The maximum Gasteiger partial charge on any atom is 0.332 e. The Balaban J connectivity index is 2.51. The molecule has 1 fully saturated rings. The van der Waals surface area contributed by atoms with Gasteiger partial charge in [0.25, 0.3) is 0 Å². The number of aliphatic hydroxyl groups is 1. The Bertz CT molecular complexity index is 254. The lowest BCUT2D eigenvalue weighted by Crippen LogP contribution is -2.50. The minimum absolute atomic E-state index is 0.0389. The summed E-state index contributed by atoms with van der Waals surface area (Å²) >= 11 is 0. The fourth-order valence-corrected chi connectivity index (χ4v) is 1.52. The van der Waals surface area contributed by atoms with Crippen molar-refractivity contribution >= 4 is 5.97 Å². The Labute approximate surface area is 89.0 Å². The Kier molecular flexibility index (Phi) is 4.26. The second-order valence-electron chi connectivity index (χ2n) is 3.83. The number of nitrogens with zero attached hydrogens (tertiary/aromatic N) is 1. The highest BCUT2D eigenvalue weighted by Gasteiger charge is 2.26. The van der Waals surface area contributed by atoms with E-state index in [-0.39, 0.29) is 24.3 Å². The van der Waals surface area contributed by atoms with E-state index in [1.807, 2.05) is 11.8 Å². The molecule has 0 amide bonds. The first kappa shape index (κ1) is 12.2. The van der Waals surface area contributed by atoms with E-state index in [9.17, 15) is 4.79 Å². The molecule has 0 spiro atoms. The summed E-state index contributed by atoms with van der Waals surface area (Å²) in [5.41, 5.74) is 0.167. The zero-order valence-corrected chi connectivity index (χ0v) is 8.85. The van der Waals surface area contributed by atoms with Crippen LogP contribution in [0.3, 0.4) is 0 Å². The summed E-state index contributed by atoms with van der Waals surface area (Å²) in [6, 6.07) is 0.156. The second kappa shape index (κ2) is 5.25. The number of aliphatic carboxylic acids is 1. The molecule has 2 atom stereocenters. The van der Waals surface area contributed by atoms with Crippen LogP contribution < -0.4 is 0 Å². The van der Waals surface area contributed by atoms with Gasteiger partial charge < -0.3 is 14.9 Å². The first-order valence-corrected chi connectivity index (χ1v) is 4.92. The number of hydrogen-bond donors (Lipinski definition) is 2. The third kappa shape index (κ3) is 3.30. The lowest BCUT2D eigenvalue weighted by atomic mass is 10.1. The molecule has 86 valence electrons. The van der Waals surface area contributed by atoms with Crippen molar-refractivity contribution in [1.82, 2.24) is 4.90 Å². The topological polar surface area (TPSA) is 70.0 Å². The second-order valence-corrected chi connectivity index (χ2v) is 3.83. The standard InChI is InChI=1S/C10H17NO4/c1-7(10(13)14)3-11-4-9(5-12)15-6-8(11)2/h8-9,12H,1,3-6H2,2H3,(H,13,14). The third-order valence-corrected chi connectivity index (χ3v) is 2.53. The van der Waals surface area contributed by atoms with Crippen molar-refractivity contribution in [3.05, 3.63) is 12.2 Å². The molecule has 2 unspecified atom stereocenters.